The Morgan fingerprint density at radius 3 is 2.50 bits per heavy atom. The summed E-state index contributed by atoms with van der Waals surface area (Å²) in [5, 5.41) is 0. The van der Waals surface area contributed by atoms with Crippen LogP contribution in [-0.4, -0.2) is 48.8 Å². The van der Waals surface area contributed by atoms with Crippen molar-refractivity contribution in [2.24, 2.45) is 5.73 Å². The van der Waals surface area contributed by atoms with Crippen LogP contribution < -0.4 is 15.2 Å². The van der Waals surface area contributed by atoms with Crippen molar-refractivity contribution in [3.63, 3.8) is 0 Å². The molecule has 1 aliphatic heterocycles. The van der Waals surface area contributed by atoms with Crippen molar-refractivity contribution in [1.29, 1.82) is 0 Å². The van der Waals surface area contributed by atoms with Gasteiger partial charge in [0, 0.05) is 18.6 Å². The highest BCUT2D eigenvalue weighted by Crippen LogP contribution is 2.28. The molecule has 0 radical (unpaired) electrons. The van der Waals surface area contributed by atoms with Crippen molar-refractivity contribution in [2.75, 3.05) is 19.8 Å². The molecule has 8 heteroatoms. The van der Waals surface area contributed by atoms with E-state index < -0.39 is 12.8 Å². The largest absolute Gasteiger partial charge is 0.480 e. The van der Waals surface area contributed by atoms with Gasteiger partial charge in [-0.05, 0) is 31.9 Å². The van der Waals surface area contributed by atoms with Crippen LogP contribution in [-0.2, 0) is 4.79 Å². The number of alkyl halides is 3. The van der Waals surface area contributed by atoms with Gasteiger partial charge in [-0.25, -0.2) is 0 Å². The van der Waals surface area contributed by atoms with Gasteiger partial charge in [-0.3, -0.25) is 4.79 Å². The van der Waals surface area contributed by atoms with E-state index in [2.05, 4.69) is 0 Å². The maximum absolute atomic E-state index is 12.3. The summed E-state index contributed by atoms with van der Waals surface area (Å²) in [5.74, 6) is -0.159. The summed E-state index contributed by atoms with van der Waals surface area (Å²) in [7, 11) is 0. The third-order valence-corrected chi connectivity index (χ3v) is 3.83. The third-order valence-electron chi connectivity index (χ3n) is 3.83. The number of carbonyl (C=O) groups excluding carboxylic acids is 1. The molecular formula is C16H21F3N2O3. The molecule has 2 rings (SSSR count). The number of halogens is 3. The van der Waals surface area contributed by atoms with Crippen LogP contribution in [0.4, 0.5) is 13.2 Å². The molecule has 1 saturated heterocycles. The van der Waals surface area contributed by atoms with Gasteiger partial charge in [-0.15, -0.1) is 0 Å². The van der Waals surface area contributed by atoms with Crippen molar-refractivity contribution in [3.8, 4) is 11.5 Å². The molecule has 0 bridgehead atoms. The number of hydrogen-bond acceptors (Lipinski definition) is 4. The van der Waals surface area contributed by atoms with Gasteiger partial charge >= 0.3 is 6.18 Å². The van der Waals surface area contributed by atoms with E-state index in [0.29, 0.717) is 6.54 Å². The number of para-hydroxylation sites is 2. The van der Waals surface area contributed by atoms with E-state index in [-0.39, 0.29) is 36.1 Å². The summed E-state index contributed by atoms with van der Waals surface area (Å²) < 4.78 is 46.9. The standard InChI is InChI=1S/C16H21F3N2O3/c1-11-8-12(20)6-7-21(11)15(22)9-23-13-4-2-3-5-14(13)24-10-16(17,18)19/h2-5,11-12H,6-10,20H2,1H3/t11-,12-/m0/s1. The number of benzene rings is 1. The maximum atomic E-state index is 12.3. The highest BCUT2D eigenvalue weighted by atomic mass is 19.4. The number of likely N-dealkylation sites (tertiary alicyclic amines) is 1. The second kappa shape index (κ2) is 7.74. The quantitative estimate of drug-likeness (QED) is 0.889. The minimum atomic E-state index is -4.44. The van der Waals surface area contributed by atoms with Gasteiger partial charge < -0.3 is 20.1 Å². The van der Waals surface area contributed by atoms with Gasteiger partial charge in [0.05, 0.1) is 0 Å². The molecule has 0 spiro atoms. The number of rotatable bonds is 5. The Labute approximate surface area is 138 Å². The monoisotopic (exact) mass is 346 g/mol. The molecule has 0 unspecified atom stereocenters. The topological polar surface area (TPSA) is 64.8 Å². The third kappa shape index (κ3) is 5.30. The maximum Gasteiger partial charge on any atom is 0.422 e. The Balaban J connectivity index is 1.93. The first-order chi connectivity index (χ1) is 11.3. The van der Waals surface area contributed by atoms with Crippen LogP contribution in [0.1, 0.15) is 19.8 Å². The molecule has 2 atom stereocenters. The second-order valence-corrected chi connectivity index (χ2v) is 5.86. The van der Waals surface area contributed by atoms with E-state index in [4.69, 9.17) is 15.2 Å². The lowest BCUT2D eigenvalue weighted by molar-refractivity contribution is -0.153. The first-order valence-electron chi connectivity index (χ1n) is 7.72. The minimum Gasteiger partial charge on any atom is -0.480 e. The Morgan fingerprint density at radius 2 is 1.92 bits per heavy atom. The van der Waals surface area contributed by atoms with Gasteiger partial charge in [0.15, 0.2) is 24.7 Å². The number of nitrogens with two attached hydrogens (primary N) is 1. The van der Waals surface area contributed by atoms with Crippen molar-refractivity contribution in [1.82, 2.24) is 4.90 Å². The van der Waals surface area contributed by atoms with Crippen LogP contribution in [0.3, 0.4) is 0 Å². The molecule has 1 fully saturated rings. The molecule has 1 aromatic rings. The predicted octanol–water partition coefficient (Wildman–Crippen LogP) is 2.34. The minimum absolute atomic E-state index is 0.0153. The Kier molecular flexibility index (Phi) is 5.93. The number of carbonyl (C=O) groups is 1. The van der Waals surface area contributed by atoms with Gasteiger partial charge in [0.1, 0.15) is 0 Å². The van der Waals surface area contributed by atoms with E-state index >= 15 is 0 Å². The van der Waals surface area contributed by atoms with E-state index in [1.807, 2.05) is 6.92 Å². The molecule has 24 heavy (non-hydrogen) atoms. The first kappa shape index (κ1) is 18.4. The van der Waals surface area contributed by atoms with Gasteiger partial charge in [0.25, 0.3) is 5.91 Å². The van der Waals surface area contributed by atoms with Crippen molar-refractivity contribution < 1.29 is 27.4 Å². The van der Waals surface area contributed by atoms with Gasteiger partial charge in [-0.1, -0.05) is 12.1 Å². The molecule has 2 N–H and O–H groups in total. The number of amides is 1. The second-order valence-electron chi connectivity index (χ2n) is 5.86. The van der Waals surface area contributed by atoms with Crippen LogP contribution in [0.2, 0.25) is 0 Å². The average molecular weight is 346 g/mol. The molecule has 1 aromatic carbocycles. The molecule has 134 valence electrons. The van der Waals surface area contributed by atoms with E-state index in [1.165, 1.54) is 18.2 Å². The van der Waals surface area contributed by atoms with E-state index in [0.717, 1.165) is 12.8 Å². The fraction of sp³-hybridized carbons (Fsp3) is 0.562. The Morgan fingerprint density at radius 1 is 1.29 bits per heavy atom. The Bertz CT molecular complexity index is 566. The lowest BCUT2D eigenvalue weighted by Crippen LogP contribution is -2.49. The van der Waals surface area contributed by atoms with E-state index in [1.54, 1.807) is 11.0 Å². The summed E-state index contributed by atoms with van der Waals surface area (Å²) in [6.45, 7) is 0.794. The number of nitrogens with zero attached hydrogens (tertiary/aromatic N) is 1. The molecule has 0 saturated carbocycles. The zero-order valence-electron chi connectivity index (χ0n) is 13.4. The number of hydrogen-bond donors (Lipinski definition) is 1. The number of piperidine rings is 1. The molecule has 1 heterocycles. The van der Waals surface area contributed by atoms with Crippen molar-refractivity contribution >= 4 is 5.91 Å². The van der Waals surface area contributed by atoms with Crippen LogP contribution in [0.5, 0.6) is 11.5 Å². The fourth-order valence-corrected chi connectivity index (χ4v) is 2.65. The molecule has 0 aliphatic carbocycles. The SMILES string of the molecule is C[C@H]1C[C@@H](N)CCN1C(=O)COc1ccccc1OCC(F)(F)F. The zero-order chi connectivity index (χ0) is 17.7. The van der Waals surface area contributed by atoms with Gasteiger partial charge in [0.2, 0.25) is 0 Å². The normalized spacial score (nSPS) is 21.5. The zero-order valence-corrected chi connectivity index (χ0v) is 13.4. The van der Waals surface area contributed by atoms with Crippen LogP contribution in [0.15, 0.2) is 24.3 Å². The summed E-state index contributed by atoms with van der Waals surface area (Å²) in [6, 6.07) is 6.07. The molecule has 1 amide bonds. The summed E-state index contributed by atoms with van der Waals surface area (Å²) in [4.78, 5) is 13.9. The lowest BCUT2D eigenvalue weighted by atomic mass is 9.99. The molecule has 0 aromatic heterocycles. The Hall–Kier alpha value is -1.96. The smallest absolute Gasteiger partial charge is 0.422 e. The van der Waals surface area contributed by atoms with Gasteiger partial charge in [-0.2, -0.15) is 13.2 Å². The molecule has 1 aliphatic rings. The number of ether oxygens (including phenoxy) is 2. The first-order valence-corrected chi connectivity index (χ1v) is 7.72. The van der Waals surface area contributed by atoms with Crippen LogP contribution >= 0.6 is 0 Å². The van der Waals surface area contributed by atoms with Crippen molar-refractivity contribution in [2.45, 2.75) is 38.0 Å². The van der Waals surface area contributed by atoms with Crippen LogP contribution in [0.25, 0.3) is 0 Å². The highest BCUT2D eigenvalue weighted by Gasteiger charge is 2.29. The fourth-order valence-electron chi connectivity index (χ4n) is 2.65. The summed E-state index contributed by atoms with van der Waals surface area (Å²) >= 11 is 0. The van der Waals surface area contributed by atoms with Crippen LogP contribution in [0, 0.1) is 0 Å². The average Bonchev–Trinajstić information content (AvgIpc) is 2.50. The van der Waals surface area contributed by atoms with E-state index in [9.17, 15) is 18.0 Å². The lowest BCUT2D eigenvalue weighted by Gasteiger charge is -2.36. The molecular weight excluding hydrogens is 325 g/mol. The summed E-state index contributed by atoms with van der Waals surface area (Å²) in [6.07, 6.45) is -3.00. The summed E-state index contributed by atoms with van der Waals surface area (Å²) in [5.41, 5.74) is 5.86. The predicted molar refractivity (Wildman–Crippen MR) is 81.9 cm³/mol. The van der Waals surface area contributed by atoms with Crippen molar-refractivity contribution in [3.05, 3.63) is 24.3 Å². The highest BCUT2D eigenvalue weighted by molar-refractivity contribution is 5.78. The molecule has 5 nitrogen and oxygen atoms in total.